The molecular weight excluding hydrogens is 412 g/mol. The number of para-hydroxylation sites is 1. The Kier molecular flexibility index (Phi) is 6.56. The van der Waals surface area contributed by atoms with Crippen LogP contribution in [0.4, 0.5) is 11.5 Å². The molecule has 1 saturated heterocycles. The lowest BCUT2D eigenvalue weighted by Crippen LogP contribution is -2.51. The van der Waals surface area contributed by atoms with Crippen LogP contribution in [0.15, 0.2) is 47.5 Å². The third-order valence-corrected chi connectivity index (χ3v) is 6.84. The SMILES string of the molecule is Cc1cccnc1NC(=O)CN1C(=O)[C@H](C(=O)N2CCCCCC2)Sc2ccccc21. The number of carbonyl (C=O) groups is 3. The molecule has 3 amide bonds. The standard InChI is InChI=1S/C23H26N4O3S/c1-16-9-8-12-24-21(16)25-19(28)15-27-17-10-4-5-11-18(17)31-20(23(27)30)22(29)26-13-6-2-3-7-14-26/h4-5,8-12,20H,2-3,6-7,13-15H2,1H3,(H,24,25,28)/t20-/m0/s1. The van der Waals surface area contributed by atoms with Gasteiger partial charge in [-0.3, -0.25) is 14.4 Å². The molecule has 162 valence electrons. The quantitative estimate of drug-likeness (QED) is 0.741. The summed E-state index contributed by atoms with van der Waals surface area (Å²) in [4.78, 5) is 47.6. The smallest absolute Gasteiger partial charge is 0.250 e. The van der Waals surface area contributed by atoms with Crippen molar-refractivity contribution < 1.29 is 14.4 Å². The Bertz CT molecular complexity index is 988. The number of carbonyl (C=O) groups excluding carboxylic acids is 3. The Morgan fingerprint density at radius 2 is 1.84 bits per heavy atom. The average Bonchev–Trinajstić information content (AvgIpc) is 3.06. The number of nitrogens with one attached hydrogen (secondary N) is 1. The van der Waals surface area contributed by atoms with Gasteiger partial charge in [-0.15, -0.1) is 11.8 Å². The van der Waals surface area contributed by atoms with E-state index in [1.807, 2.05) is 42.2 Å². The van der Waals surface area contributed by atoms with E-state index in [2.05, 4.69) is 10.3 Å². The van der Waals surface area contributed by atoms with Crippen LogP contribution >= 0.6 is 11.8 Å². The van der Waals surface area contributed by atoms with Gasteiger partial charge in [0.05, 0.1) is 5.69 Å². The first kappa shape index (κ1) is 21.4. The maximum absolute atomic E-state index is 13.4. The van der Waals surface area contributed by atoms with Crippen LogP contribution in [0.1, 0.15) is 31.2 Å². The predicted octanol–water partition coefficient (Wildman–Crippen LogP) is 3.24. The van der Waals surface area contributed by atoms with Crippen molar-refractivity contribution in [3.8, 4) is 0 Å². The Morgan fingerprint density at radius 3 is 2.58 bits per heavy atom. The first-order valence-corrected chi connectivity index (χ1v) is 11.5. The van der Waals surface area contributed by atoms with Crippen LogP contribution in [0.5, 0.6) is 0 Å². The summed E-state index contributed by atoms with van der Waals surface area (Å²) >= 11 is 1.28. The van der Waals surface area contributed by atoms with Crippen LogP contribution in [0.3, 0.4) is 0 Å². The number of anilines is 2. The van der Waals surface area contributed by atoms with Crippen molar-refractivity contribution in [1.82, 2.24) is 9.88 Å². The lowest BCUT2D eigenvalue weighted by Gasteiger charge is -2.34. The van der Waals surface area contributed by atoms with Gasteiger partial charge in [-0.25, -0.2) is 4.98 Å². The number of hydrogen-bond acceptors (Lipinski definition) is 5. The number of hydrogen-bond donors (Lipinski definition) is 1. The van der Waals surface area contributed by atoms with Gasteiger partial charge in [-0.05, 0) is 43.5 Å². The predicted molar refractivity (Wildman–Crippen MR) is 121 cm³/mol. The van der Waals surface area contributed by atoms with E-state index in [1.54, 1.807) is 12.3 Å². The van der Waals surface area contributed by atoms with Crippen molar-refractivity contribution >= 4 is 41.0 Å². The van der Waals surface area contributed by atoms with Crippen molar-refractivity contribution in [2.45, 2.75) is 42.8 Å². The van der Waals surface area contributed by atoms with Gasteiger partial charge in [0.15, 0.2) is 5.25 Å². The fourth-order valence-electron chi connectivity index (χ4n) is 3.93. The molecule has 8 heteroatoms. The lowest BCUT2D eigenvalue weighted by molar-refractivity contribution is -0.135. The Hall–Kier alpha value is -2.87. The molecule has 2 aliphatic heterocycles. The first-order chi connectivity index (χ1) is 15.0. The van der Waals surface area contributed by atoms with E-state index in [0.29, 0.717) is 24.6 Å². The molecular formula is C23H26N4O3S. The molecule has 1 fully saturated rings. The molecule has 0 saturated carbocycles. The number of benzene rings is 1. The summed E-state index contributed by atoms with van der Waals surface area (Å²) in [6.07, 6.45) is 5.75. The number of nitrogens with zero attached hydrogens (tertiary/aromatic N) is 3. The van der Waals surface area contributed by atoms with Gasteiger partial charge < -0.3 is 15.1 Å². The summed E-state index contributed by atoms with van der Waals surface area (Å²) in [6, 6.07) is 11.1. The third kappa shape index (κ3) is 4.74. The topological polar surface area (TPSA) is 82.6 Å². The van der Waals surface area contributed by atoms with Crippen molar-refractivity contribution in [2.75, 3.05) is 29.9 Å². The molecule has 1 aromatic carbocycles. The summed E-state index contributed by atoms with van der Waals surface area (Å²) in [5, 5.41) is 1.91. The van der Waals surface area contributed by atoms with Crippen LogP contribution in [-0.4, -0.2) is 52.5 Å². The highest BCUT2D eigenvalue weighted by Gasteiger charge is 2.40. The maximum Gasteiger partial charge on any atom is 0.250 e. The van der Waals surface area contributed by atoms with Crippen LogP contribution in [-0.2, 0) is 14.4 Å². The second kappa shape index (κ2) is 9.51. The molecule has 0 bridgehead atoms. The number of likely N-dealkylation sites (tertiary alicyclic amines) is 1. The number of aryl methyl sites for hydroxylation is 1. The zero-order chi connectivity index (χ0) is 21.8. The molecule has 2 aromatic rings. The summed E-state index contributed by atoms with van der Waals surface area (Å²) in [5.41, 5.74) is 1.50. The largest absolute Gasteiger partial charge is 0.341 e. The number of rotatable bonds is 4. The van der Waals surface area contributed by atoms with Crippen LogP contribution < -0.4 is 10.2 Å². The fourth-order valence-corrected chi connectivity index (χ4v) is 5.11. The highest BCUT2D eigenvalue weighted by Crippen LogP contribution is 2.39. The first-order valence-electron chi connectivity index (χ1n) is 10.6. The molecule has 0 aliphatic carbocycles. The molecule has 0 spiro atoms. The highest BCUT2D eigenvalue weighted by molar-refractivity contribution is 8.01. The monoisotopic (exact) mass is 438 g/mol. The van der Waals surface area contributed by atoms with E-state index in [9.17, 15) is 14.4 Å². The van der Waals surface area contributed by atoms with E-state index in [0.717, 1.165) is 36.1 Å². The second-order valence-corrected chi connectivity index (χ2v) is 8.99. The third-order valence-electron chi connectivity index (χ3n) is 5.60. The van der Waals surface area contributed by atoms with Gasteiger partial charge in [-0.1, -0.05) is 31.0 Å². The Labute approximate surface area is 186 Å². The minimum Gasteiger partial charge on any atom is -0.341 e. The molecule has 0 radical (unpaired) electrons. The average molecular weight is 439 g/mol. The molecule has 1 atom stereocenters. The van der Waals surface area contributed by atoms with Crippen LogP contribution in [0, 0.1) is 6.92 Å². The zero-order valence-corrected chi connectivity index (χ0v) is 18.4. The molecule has 0 unspecified atom stereocenters. The van der Waals surface area contributed by atoms with Crippen LogP contribution in [0.25, 0.3) is 0 Å². The molecule has 7 nitrogen and oxygen atoms in total. The van der Waals surface area contributed by atoms with Gasteiger partial charge in [0.2, 0.25) is 11.8 Å². The summed E-state index contributed by atoms with van der Waals surface area (Å²) in [5.74, 6) is -0.377. The zero-order valence-electron chi connectivity index (χ0n) is 17.5. The number of amides is 3. The Morgan fingerprint density at radius 1 is 1.10 bits per heavy atom. The van der Waals surface area contributed by atoms with Crippen molar-refractivity contribution in [2.24, 2.45) is 0 Å². The summed E-state index contributed by atoms with van der Waals surface area (Å²) in [7, 11) is 0. The van der Waals surface area contributed by atoms with E-state index in [4.69, 9.17) is 0 Å². The molecule has 4 rings (SSSR count). The van der Waals surface area contributed by atoms with Crippen molar-refractivity contribution in [1.29, 1.82) is 0 Å². The fraction of sp³-hybridized carbons (Fsp3) is 0.391. The summed E-state index contributed by atoms with van der Waals surface area (Å²) in [6.45, 7) is 3.06. The second-order valence-electron chi connectivity index (χ2n) is 7.85. The number of aromatic nitrogens is 1. The minimum atomic E-state index is -0.864. The van der Waals surface area contributed by atoms with Gasteiger partial charge in [0.1, 0.15) is 12.4 Å². The van der Waals surface area contributed by atoms with Gasteiger partial charge in [-0.2, -0.15) is 0 Å². The van der Waals surface area contributed by atoms with Crippen molar-refractivity contribution in [3.05, 3.63) is 48.2 Å². The number of fused-ring (bicyclic) bond motifs is 1. The van der Waals surface area contributed by atoms with Crippen molar-refractivity contribution in [3.63, 3.8) is 0 Å². The lowest BCUT2D eigenvalue weighted by atomic mass is 10.2. The van der Waals surface area contributed by atoms with Crippen LogP contribution in [0.2, 0.25) is 0 Å². The molecule has 3 heterocycles. The molecule has 2 aliphatic rings. The Balaban J connectivity index is 1.55. The van der Waals surface area contributed by atoms with Gasteiger partial charge >= 0.3 is 0 Å². The molecule has 1 N–H and O–H groups in total. The number of pyridine rings is 1. The summed E-state index contributed by atoms with van der Waals surface area (Å²) < 4.78 is 0. The van der Waals surface area contributed by atoms with Gasteiger partial charge in [0.25, 0.3) is 5.91 Å². The van der Waals surface area contributed by atoms with Gasteiger partial charge in [0, 0.05) is 24.2 Å². The van der Waals surface area contributed by atoms with E-state index in [1.165, 1.54) is 16.7 Å². The number of thioether (sulfide) groups is 1. The molecule has 1 aromatic heterocycles. The van der Waals surface area contributed by atoms with E-state index in [-0.39, 0.29) is 24.3 Å². The maximum atomic E-state index is 13.4. The minimum absolute atomic E-state index is 0.155. The van der Waals surface area contributed by atoms with E-state index < -0.39 is 5.25 Å². The van der Waals surface area contributed by atoms with E-state index >= 15 is 0 Å². The normalized spacial score (nSPS) is 18.9. The molecule has 31 heavy (non-hydrogen) atoms. The highest BCUT2D eigenvalue weighted by atomic mass is 32.2.